The first-order valence-corrected chi connectivity index (χ1v) is 9.60. The van der Waals surface area contributed by atoms with Gasteiger partial charge in [0.15, 0.2) is 11.6 Å². The van der Waals surface area contributed by atoms with Gasteiger partial charge < -0.3 is 10.2 Å². The summed E-state index contributed by atoms with van der Waals surface area (Å²) in [5, 5.41) is 3.02. The number of anilines is 2. The van der Waals surface area contributed by atoms with E-state index in [4.69, 9.17) is 0 Å². The first kappa shape index (κ1) is 19.0. The number of rotatable bonds is 4. The molecule has 2 atom stereocenters. The fourth-order valence-corrected chi connectivity index (χ4v) is 3.74. The molecule has 0 bridgehead atoms. The monoisotopic (exact) mass is 391 g/mol. The third kappa shape index (κ3) is 3.94. The van der Waals surface area contributed by atoms with Crippen LogP contribution in [0.5, 0.6) is 0 Å². The van der Waals surface area contributed by atoms with Gasteiger partial charge in [0.05, 0.1) is 12.4 Å². The quantitative estimate of drug-likeness (QED) is 0.732. The van der Waals surface area contributed by atoms with Crippen molar-refractivity contribution in [2.24, 2.45) is 5.92 Å². The highest BCUT2D eigenvalue weighted by Crippen LogP contribution is 2.30. The maximum absolute atomic E-state index is 13.1. The number of halogens is 1. The van der Waals surface area contributed by atoms with Crippen molar-refractivity contribution in [3.63, 3.8) is 0 Å². The van der Waals surface area contributed by atoms with E-state index < -0.39 is 5.82 Å². The molecule has 0 aliphatic carbocycles. The first-order valence-electron chi connectivity index (χ1n) is 9.60. The minimum atomic E-state index is -0.485. The van der Waals surface area contributed by atoms with E-state index in [0.29, 0.717) is 11.5 Å². The minimum Gasteiger partial charge on any atom is -0.344 e. The number of hydrogen-bond donors (Lipinski definition) is 1. The van der Waals surface area contributed by atoms with Gasteiger partial charge in [-0.05, 0) is 49.1 Å². The summed E-state index contributed by atoms with van der Waals surface area (Å²) in [6, 6.07) is 11.0. The molecule has 2 aromatic heterocycles. The van der Waals surface area contributed by atoms with Crippen LogP contribution in [0.25, 0.3) is 11.4 Å². The Morgan fingerprint density at radius 2 is 1.97 bits per heavy atom. The largest absolute Gasteiger partial charge is 0.344 e. The van der Waals surface area contributed by atoms with Crippen LogP contribution < -0.4 is 10.2 Å². The Labute approximate surface area is 168 Å². The number of aromatic nitrogens is 3. The number of pyridine rings is 1. The Balaban J connectivity index is 1.58. The highest BCUT2D eigenvalue weighted by molar-refractivity contribution is 5.98. The molecule has 6 nitrogen and oxygen atoms in total. The van der Waals surface area contributed by atoms with Gasteiger partial charge in [0.1, 0.15) is 11.9 Å². The Hall–Kier alpha value is -3.35. The molecule has 1 aliphatic heterocycles. The summed E-state index contributed by atoms with van der Waals surface area (Å²) in [5.74, 6) is 0.879. The number of aryl methyl sites for hydroxylation is 1. The summed E-state index contributed by atoms with van der Waals surface area (Å²) in [6.07, 6.45) is 4.94. The second-order valence-corrected chi connectivity index (χ2v) is 7.34. The Morgan fingerprint density at radius 1 is 1.17 bits per heavy atom. The van der Waals surface area contributed by atoms with Gasteiger partial charge in [-0.15, -0.1) is 0 Å². The maximum Gasteiger partial charge on any atom is 0.247 e. The van der Waals surface area contributed by atoms with Crippen LogP contribution in [0.15, 0.2) is 55.0 Å². The number of nitrogens with one attached hydrogen (secondary N) is 1. The third-order valence-corrected chi connectivity index (χ3v) is 5.28. The zero-order valence-electron chi connectivity index (χ0n) is 16.3. The number of amides is 1. The van der Waals surface area contributed by atoms with E-state index in [-0.39, 0.29) is 17.9 Å². The normalized spacial score (nSPS) is 18.7. The van der Waals surface area contributed by atoms with Gasteiger partial charge in [-0.25, -0.2) is 19.3 Å². The van der Waals surface area contributed by atoms with Crippen molar-refractivity contribution >= 4 is 17.4 Å². The van der Waals surface area contributed by atoms with Crippen LogP contribution in [0, 0.1) is 18.7 Å². The average Bonchev–Trinajstić information content (AvgIpc) is 3.12. The van der Waals surface area contributed by atoms with Crippen molar-refractivity contribution in [2.45, 2.75) is 26.3 Å². The lowest BCUT2D eigenvalue weighted by atomic mass is 10.0. The summed E-state index contributed by atoms with van der Waals surface area (Å²) in [7, 11) is 0. The molecule has 3 heterocycles. The smallest absolute Gasteiger partial charge is 0.247 e. The first-order chi connectivity index (χ1) is 14.0. The molecule has 1 aromatic carbocycles. The molecule has 1 saturated heterocycles. The Bertz CT molecular complexity index is 1010. The molecule has 1 unspecified atom stereocenters. The molecule has 7 heteroatoms. The molecule has 4 rings (SSSR count). The van der Waals surface area contributed by atoms with Gasteiger partial charge in [-0.2, -0.15) is 0 Å². The lowest BCUT2D eigenvalue weighted by Crippen LogP contribution is -2.43. The van der Waals surface area contributed by atoms with E-state index in [1.807, 2.05) is 43.3 Å². The van der Waals surface area contributed by atoms with Crippen LogP contribution in [-0.4, -0.2) is 33.4 Å². The molecule has 0 radical (unpaired) electrons. The summed E-state index contributed by atoms with van der Waals surface area (Å²) in [4.78, 5) is 27.7. The standard InChI is InChI=1S/C22H22FN5O/c1-14-6-7-17(11-18(14)21-25-12-16(23)13-26-21)27-22(29)20-15(2)8-10-28(20)19-5-3-4-9-24-19/h3-7,9,11-13,15,20H,8,10H2,1-2H3,(H,27,29)/t15-,20?/m0/s1. The zero-order chi connectivity index (χ0) is 20.4. The van der Waals surface area contributed by atoms with Crippen molar-refractivity contribution in [3.05, 3.63) is 66.4 Å². The van der Waals surface area contributed by atoms with Crippen molar-refractivity contribution < 1.29 is 9.18 Å². The molecule has 0 saturated carbocycles. The highest BCUT2D eigenvalue weighted by atomic mass is 19.1. The van der Waals surface area contributed by atoms with Gasteiger partial charge >= 0.3 is 0 Å². The summed E-state index contributed by atoms with van der Waals surface area (Å²) in [6.45, 7) is 4.80. The average molecular weight is 391 g/mol. The van der Waals surface area contributed by atoms with Crippen molar-refractivity contribution in [1.82, 2.24) is 15.0 Å². The molecule has 1 N–H and O–H groups in total. The van der Waals surface area contributed by atoms with Crippen LogP contribution in [0.1, 0.15) is 18.9 Å². The fourth-order valence-electron chi connectivity index (χ4n) is 3.74. The van der Waals surface area contributed by atoms with Gasteiger partial charge in [0, 0.05) is 24.0 Å². The van der Waals surface area contributed by atoms with Crippen LogP contribution in [0.4, 0.5) is 15.9 Å². The Morgan fingerprint density at radius 3 is 2.69 bits per heavy atom. The summed E-state index contributed by atoms with van der Waals surface area (Å²) < 4.78 is 13.1. The van der Waals surface area contributed by atoms with Gasteiger partial charge in [0.25, 0.3) is 0 Å². The van der Waals surface area contributed by atoms with Gasteiger partial charge in [-0.1, -0.05) is 19.1 Å². The van der Waals surface area contributed by atoms with Crippen LogP contribution in [0.2, 0.25) is 0 Å². The van der Waals surface area contributed by atoms with Crippen molar-refractivity contribution in [3.8, 4) is 11.4 Å². The number of hydrogen-bond acceptors (Lipinski definition) is 5. The van der Waals surface area contributed by atoms with E-state index in [1.165, 1.54) is 0 Å². The van der Waals surface area contributed by atoms with Crippen LogP contribution >= 0.6 is 0 Å². The predicted molar refractivity (Wildman–Crippen MR) is 110 cm³/mol. The van der Waals surface area contributed by atoms with Gasteiger partial charge in [0.2, 0.25) is 5.91 Å². The summed E-state index contributed by atoms with van der Waals surface area (Å²) in [5.41, 5.74) is 2.35. The topological polar surface area (TPSA) is 71.0 Å². The molecular formula is C22H22FN5O. The molecule has 3 aromatic rings. The highest BCUT2D eigenvalue weighted by Gasteiger charge is 2.37. The Kier molecular flexibility index (Phi) is 5.20. The van der Waals surface area contributed by atoms with E-state index in [0.717, 1.165) is 42.3 Å². The van der Waals surface area contributed by atoms with Crippen molar-refractivity contribution in [1.29, 1.82) is 0 Å². The lowest BCUT2D eigenvalue weighted by molar-refractivity contribution is -0.117. The van der Waals surface area contributed by atoms with Crippen LogP contribution in [-0.2, 0) is 4.79 Å². The van der Waals surface area contributed by atoms with E-state index in [1.54, 1.807) is 6.20 Å². The molecule has 1 aliphatic rings. The van der Waals surface area contributed by atoms with E-state index in [9.17, 15) is 9.18 Å². The molecule has 1 fully saturated rings. The molecule has 0 spiro atoms. The zero-order valence-corrected chi connectivity index (χ0v) is 16.3. The summed E-state index contributed by atoms with van der Waals surface area (Å²) >= 11 is 0. The second kappa shape index (κ2) is 7.95. The SMILES string of the molecule is Cc1ccc(NC(=O)C2[C@@H](C)CCN2c2ccccn2)cc1-c1ncc(F)cn1. The molecule has 148 valence electrons. The van der Waals surface area contributed by atoms with Crippen LogP contribution in [0.3, 0.4) is 0 Å². The lowest BCUT2D eigenvalue weighted by Gasteiger charge is -2.27. The fraction of sp³-hybridized carbons (Fsp3) is 0.273. The number of nitrogens with zero attached hydrogens (tertiary/aromatic N) is 4. The number of carbonyl (C=O) groups is 1. The maximum atomic E-state index is 13.1. The van der Waals surface area contributed by atoms with Gasteiger partial charge in [-0.3, -0.25) is 4.79 Å². The molecular weight excluding hydrogens is 369 g/mol. The third-order valence-electron chi connectivity index (χ3n) is 5.28. The predicted octanol–water partition coefficient (Wildman–Crippen LogP) is 3.84. The number of benzene rings is 1. The second-order valence-electron chi connectivity index (χ2n) is 7.34. The molecule has 1 amide bonds. The number of carbonyl (C=O) groups excluding carboxylic acids is 1. The van der Waals surface area contributed by atoms with E-state index in [2.05, 4.69) is 32.1 Å². The molecule has 29 heavy (non-hydrogen) atoms. The minimum absolute atomic E-state index is 0.0736. The van der Waals surface area contributed by atoms with Crippen molar-refractivity contribution in [2.75, 3.05) is 16.8 Å². The van der Waals surface area contributed by atoms with E-state index >= 15 is 0 Å².